The number of carbonyl (C=O) groups excluding carboxylic acids is 2. The first-order valence-corrected chi connectivity index (χ1v) is 11.9. The van der Waals surface area contributed by atoms with Gasteiger partial charge in [0, 0.05) is 23.8 Å². The van der Waals surface area contributed by atoms with Gasteiger partial charge in [0.05, 0.1) is 0 Å². The van der Waals surface area contributed by atoms with E-state index in [0.717, 1.165) is 23.4 Å². The molecule has 0 spiro atoms. The van der Waals surface area contributed by atoms with Crippen LogP contribution < -0.4 is 10.1 Å². The Morgan fingerprint density at radius 1 is 1.00 bits per heavy atom. The average Bonchev–Trinajstić information content (AvgIpc) is 3.10. The number of amides is 2. The second-order valence-corrected chi connectivity index (χ2v) is 9.50. The Balaban J connectivity index is 1.29. The molecule has 5 rings (SSSR count). The summed E-state index contributed by atoms with van der Waals surface area (Å²) in [6, 6.07) is 5.92. The number of piperidine rings is 2. The van der Waals surface area contributed by atoms with E-state index in [2.05, 4.69) is 16.8 Å². The van der Waals surface area contributed by atoms with Crippen LogP contribution in [-0.4, -0.2) is 52.9 Å². The van der Waals surface area contributed by atoms with E-state index in [-0.39, 0.29) is 17.9 Å². The highest BCUT2D eigenvalue weighted by molar-refractivity contribution is 6.01. The summed E-state index contributed by atoms with van der Waals surface area (Å²) in [6.45, 7) is 6.68. The van der Waals surface area contributed by atoms with Crippen LogP contribution in [0.15, 0.2) is 30.5 Å². The maximum Gasteiger partial charge on any atom is 0.255 e. The van der Waals surface area contributed by atoms with Crippen molar-refractivity contribution in [2.45, 2.75) is 82.5 Å². The molecule has 1 N–H and O–H groups in total. The van der Waals surface area contributed by atoms with Crippen molar-refractivity contribution in [3.63, 3.8) is 0 Å². The van der Waals surface area contributed by atoms with Gasteiger partial charge < -0.3 is 15.0 Å². The van der Waals surface area contributed by atoms with E-state index in [1.807, 2.05) is 18.2 Å². The largest absolute Gasteiger partial charge is 0.489 e. The molecule has 4 aliphatic rings. The van der Waals surface area contributed by atoms with Crippen LogP contribution in [0.2, 0.25) is 0 Å². The maximum absolute atomic E-state index is 13.0. The molecule has 3 aliphatic heterocycles. The predicted molar refractivity (Wildman–Crippen MR) is 119 cm³/mol. The summed E-state index contributed by atoms with van der Waals surface area (Å²) in [5.41, 5.74) is 2.39. The smallest absolute Gasteiger partial charge is 0.255 e. The summed E-state index contributed by atoms with van der Waals surface area (Å²) in [5, 5.41) is 2.80. The molecule has 6 nitrogen and oxygen atoms in total. The Bertz CT molecular complexity index is 877. The number of hydrogen-bond acceptors (Lipinski definition) is 4. The third-order valence-electron chi connectivity index (χ3n) is 7.42. The Kier molecular flexibility index (Phi) is 5.74. The van der Waals surface area contributed by atoms with Gasteiger partial charge in [0.2, 0.25) is 5.91 Å². The van der Waals surface area contributed by atoms with E-state index in [1.54, 1.807) is 4.90 Å². The minimum atomic E-state index is -0.420. The number of rotatable bonds is 4. The highest BCUT2D eigenvalue weighted by Gasteiger charge is 2.38. The molecular formula is C25H33N3O3. The molecule has 3 atom stereocenters. The molecule has 0 aromatic heterocycles. The van der Waals surface area contributed by atoms with Crippen LogP contribution in [0.5, 0.6) is 5.75 Å². The zero-order valence-electron chi connectivity index (χ0n) is 18.3. The van der Waals surface area contributed by atoms with Crippen molar-refractivity contribution in [3.05, 3.63) is 41.6 Å². The number of likely N-dealkylation sites (tertiary alicyclic amines) is 1. The van der Waals surface area contributed by atoms with Crippen molar-refractivity contribution >= 4 is 11.8 Å². The standard InChI is InChI=1S/C25H33N3O3/c1-17-9-12-22(24(29)26-17)28-16-18-15-19(10-11-20(18)25(28)30)31-23-8-4-3-7-21(23)27-13-5-2-6-14-27/h10-11,15,21-23H,1-9,12-14,16H2,(H,26,29)/t21-,22?,23-/m1/s1. The van der Waals surface area contributed by atoms with Crippen molar-refractivity contribution in [1.29, 1.82) is 0 Å². The lowest BCUT2D eigenvalue weighted by atomic mass is 9.90. The van der Waals surface area contributed by atoms with Gasteiger partial charge in [-0.1, -0.05) is 19.4 Å². The summed E-state index contributed by atoms with van der Waals surface area (Å²) in [7, 11) is 0. The van der Waals surface area contributed by atoms with Crippen LogP contribution in [0, 0.1) is 0 Å². The minimum Gasteiger partial charge on any atom is -0.489 e. The summed E-state index contributed by atoms with van der Waals surface area (Å²) in [6.07, 6.45) is 10.3. The number of hydrogen-bond donors (Lipinski definition) is 1. The topological polar surface area (TPSA) is 61.9 Å². The first kappa shape index (κ1) is 20.6. The van der Waals surface area contributed by atoms with E-state index in [9.17, 15) is 9.59 Å². The number of allylic oxidation sites excluding steroid dienone is 1. The summed E-state index contributed by atoms with van der Waals surface area (Å²) < 4.78 is 6.54. The Labute approximate surface area is 184 Å². The molecule has 0 radical (unpaired) electrons. The highest BCUT2D eigenvalue weighted by Crippen LogP contribution is 2.33. The van der Waals surface area contributed by atoms with Crippen LogP contribution in [0.4, 0.5) is 0 Å². The minimum absolute atomic E-state index is 0.0573. The van der Waals surface area contributed by atoms with Gasteiger partial charge in [0.15, 0.2) is 0 Å². The lowest BCUT2D eigenvalue weighted by Crippen LogP contribution is -2.49. The molecule has 1 aromatic rings. The molecule has 1 saturated carbocycles. The Morgan fingerprint density at radius 2 is 1.81 bits per heavy atom. The lowest BCUT2D eigenvalue weighted by Gasteiger charge is -2.41. The van der Waals surface area contributed by atoms with Gasteiger partial charge in [0.25, 0.3) is 5.91 Å². The number of benzene rings is 1. The number of nitrogens with one attached hydrogen (secondary N) is 1. The van der Waals surface area contributed by atoms with Crippen molar-refractivity contribution < 1.29 is 14.3 Å². The Hall–Kier alpha value is -2.34. The van der Waals surface area contributed by atoms with E-state index >= 15 is 0 Å². The van der Waals surface area contributed by atoms with Gasteiger partial charge in [-0.3, -0.25) is 14.5 Å². The van der Waals surface area contributed by atoms with E-state index in [0.29, 0.717) is 31.0 Å². The zero-order valence-corrected chi connectivity index (χ0v) is 18.3. The lowest BCUT2D eigenvalue weighted by molar-refractivity contribution is -0.126. The molecule has 1 aromatic carbocycles. The highest BCUT2D eigenvalue weighted by atomic mass is 16.5. The predicted octanol–water partition coefficient (Wildman–Crippen LogP) is 3.61. The molecule has 0 bridgehead atoms. The monoisotopic (exact) mass is 423 g/mol. The first-order valence-electron chi connectivity index (χ1n) is 11.9. The van der Waals surface area contributed by atoms with Crippen LogP contribution in [0.3, 0.4) is 0 Å². The molecule has 1 unspecified atom stereocenters. The molecular weight excluding hydrogens is 390 g/mol. The van der Waals surface area contributed by atoms with Crippen LogP contribution in [0.25, 0.3) is 0 Å². The fraction of sp³-hybridized carbons (Fsp3) is 0.600. The summed E-state index contributed by atoms with van der Waals surface area (Å²) in [4.78, 5) is 29.7. The third kappa shape index (κ3) is 4.10. The molecule has 3 fully saturated rings. The van der Waals surface area contributed by atoms with Crippen molar-refractivity contribution in [1.82, 2.24) is 15.1 Å². The van der Waals surface area contributed by atoms with Crippen LogP contribution in [-0.2, 0) is 11.3 Å². The summed E-state index contributed by atoms with van der Waals surface area (Å²) in [5.74, 6) is 0.669. The molecule has 1 aliphatic carbocycles. The van der Waals surface area contributed by atoms with Crippen molar-refractivity contribution in [2.24, 2.45) is 0 Å². The Morgan fingerprint density at radius 3 is 2.61 bits per heavy atom. The first-order chi connectivity index (χ1) is 15.1. The average molecular weight is 424 g/mol. The van der Waals surface area contributed by atoms with Gasteiger partial charge in [-0.25, -0.2) is 0 Å². The number of fused-ring (bicyclic) bond motifs is 1. The van der Waals surface area contributed by atoms with E-state index < -0.39 is 6.04 Å². The fourth-order valence-electron chi connectivity index (χ4n) is 5.76. The number of carbonyl (C=O) groups is 2. The van der Waals surface area contributed by atoms with Crippen molar-refractivity contribution in [2.75, 3.05) is 13.1 Å². The second kappa shape index (κ2) is 8.65. The van der Waals surface area contributed by atoms with Crippen LogP contribution in [0.1, 0.15) is 73.7 Å². The van der Waals surface area contributed by atoms with Crippen LogP contribution >= 0.6 is 0 Å². The second-order valence-electron chi connectivity index (χ2n) is 9.50. The number of nitrogens with zero attached hydrogens (tertiary/aromatic N) is 2. The van der Waals surface area contributed by atoms with Gasteiger partial charge >= 0.3 is 0 Å². The van der Waals surface area contributed by atoms with E-state index in [4.69, 9.17) is 4.74 Å². The quantitative estimate of drug-likeness (QED) is 0.804. The molecule has 6 heteroatoms. The molecule has 31 heavy (non-hydrogen) atoms. The SMILES string of the molecule is C=C1CCC(N2Cc3cc(O[C@@H]4CCCC[C@H]4N4CCCCC4)ccc3C2=O)C(=O)N1. The van der Waals surface area contributed by atoms with Gasteiger partial charge in [-0.2, -0.15) is 0 Å². The zero-order chi connectivity index (χ0) is 21.4. The van der Waals surface area contributed by atoms with E-state index in [1.165, 1.54) is 51.6 Å². The summed E-state index contributed by atoms with van der Waals surface area (Å²) >= 11 is 0. The molecule has 166 valence electrons. The van der Waals surface area contributed by atoms with Crippen molar-refractivity contribution in [3.8, 4) is 5.75 Å². The fourth-order valence-corrected chi connectivity index (χ4v) is 5.76. The normalized spacial score (nSPS) is 29.6. The molecule has 3 heterocycles. The van der Waals surface area contributed by atoms with Gasteiger partial charge in [0.1, 0.15) is 17.9 Å². The van der Waals surface area contributed by atoms with Gasteiger partial charge in [-0.05, 0) is 81.8 Å². The number of ether oxygens (including phenoxy) is 1. The third-order valence-corrected chi connectivity index (χ3v) is 7.42. The molecule has 2 amide bonds. The van der Waals surface area contributed by atoms with Gasteiger partial charge in [-0.15, -0.1) is 0 Å². The molecule has 2 saturated heterocycles. The maximum atomic E-state index is 13.0.